The van der Waals surface area contributed by atoms with Gasteiger partial charge in [-0.05, 0) is 54.8 Å². The van der Waals surface area contributed by atoms with E-state index in [1.54, 1.807) is 18.2 Å². The normalized spacial score (nSPS) is 17.8. The van der Waals surface area contributed by atoms with Crippen molar-refractivity contribution in [2.24, 2.45) is 0 Å². The molecule has 3 atom stereocenters. The van der Waals surface area contributed by atoms with Crippen LogP contribution in [0.5, 0.6) is 5.75 Å². The minimum Gasteiger partial charge on any atom is -0.508 e. The number of carbonyl (C=O) groups is 4. The Balaban J connectivity index is 0.893. The van der Waals surface area contributed by atoms with Crippen molar-refractivity contribution in [2.75, 3.05) is 45.3 Å². The number of unbranched alkanes of at least 4 members (excludes halogenated alkanes) is 1. The van der Waals surface area contributed by atoms with Crippen LogP contribution < -0.4 is 26.7 Å². The molecule has 0 radical (unpaired) electrons. The maximum Gasteiger partial charge on any atom is 0.336 e. The van der Waals surface area contributed by atoms with Crippen molar-refractivity contribution in [1.29, 1.82) is 0 Å². The summed E-state index contributed by atoms with van der Waals surface area (Å²) in [6.45, 7) is 1.72. The number of carboxylic acids is 1. The number of thioether (sulfide) groups is 1. The number of urea groups is 1. The average molecular weight is 733 g/mol. The number of benzene rings is 3. The zero-order valence-electron chi connectivity index (χ0n) is 28.3. The molecule has 6 rings (SSSR count). The zero-order chi connectivity index (χ0) is 36.6. The van der Waals surface area contributed by atoms with Gasteiger partial charge < -0.3 is 45.4 Å². The zero-order valence-corrected chi connectivity index (χ0v) is 29.1. The smallest absolute Gasteiger partial charge is 0.336 e. The molecular formula is C37H40N4O10S. The van der Waals surface area contributed by atoms with E-state index in [1.807, 2.05) is 11.8 Å². The van der Waals surface area contributed by atoms with Gasteiger partial charge in [0.15, 0.2) is 5.43 Å². The van der Waals surface area contributed by atoms with Crippen LogP contribution >= 0.6 is 11.8 Å². The lowest BCUT2D eigenvalue weighted by molar-refractivity contribution is -0.121. The van der Waals surface area contributed by atoms with E-state index in [2.05, 4.69) is 21.3 Å². The highest BCUT2D eigenvalue weighted by atomic mass is 32.2. The van der Waals surface area contributed by atoms with Gasteiger partial charge in [-0.15, -0.1) is 0 Å². The molecule has 1 aliphatic carbocycles. The first-order valence-electron chi connectivity index (χ1n) is 17.1. The molecule has 2 aromatic carbocycles. The molecule has 0 bridgehead atoms. The number of hydrogen-bond donors (Lipinski definition) is 6. The van der Waals surface area contributed by atoms with Crippen LogP contribution in [0.4, 0.5) is 4.79 Å². The molecule has 274 valence electrons. The number of aromatic hydroxyl groups is 1. The number of fused-ring (bicyclic) bond motifs is 3. The van der Waals surface area contributed by atoms with Crippen LogP contribution in [0.1, 0.15) is 46.4 Å². The van der Waals surface area contributed by atoms with Gasteiger partial charge in [-0.1, -0.05) is 12.5 Å². The van der Waals surface area contributed by atoms with Crippen LogP contribution in [0.2, 0.25) is 0 Å². The maximum atomic E-state index is 12.9. The molecule has 4 amide bonds. The SMILES string of the molecule is O=C(CCCCC1SCC2NC(=O)NC21)NCCOCCOCCNC(=O)c1ccc(-c2c3ccc(=O)cc-3oc3cc(O)ccc23)c(C(=O)O)c1. The molecule has 15 heteroatoms. The molecule has 6 N–H and O–H groups in total. The van der Waals surface area contributed by atoms with Gasteiger partial charge in [0.05, 0.1) is 44.1 Å². The van der Waals surface area contributed by atoms with Gasteiger partial charge in [-0.2, -0.15) is 11.8 Å². The summed E-state index contributed by atoms with van der Waals surface area (Å²) in [7, 11) is 0. The maximum absolute atomic E-state index is 12.9. The Morgan fingerprint density at radius 2 is 1.65 bits per heavy atom. The van der Waals surface area contributed by atoms with Crippen molar-refractivity contribution in [2.45, 2.75) is 43.0 Å². The van der Waals surface area contributed by atoms with Gasteiger partial charge in [0.1, 0.15) is 17.1 Å². The number of phenolic OH excluding ortho intramolecular Hbond substituents is 1. The van der Waals surface area contributed by atoms with E-state index < -0.39 is 11.9 Å². The number of phenols is 1. The van der Waals surface area contributed by atoms with Crippen molar-refractivity contribution in [1.82, 2.24) is 21.3 Å². The van der Waals surface area contributed by atoms with E-state index in [9.17, 15) is 34.2 Å². The van der Waals surface area contributed by atoms with Gasteiger partial charge in [0.2, 0.25) is 5.91 Å². The summed E-state index contributed by atoms with van der Waals surface area (Å²) < 4.78 is 16.9. The quantitative estimate of drug-likeness (QED) is 0.0526. The number of carboxylic acid groups (broad SMARTS) is 1. The molecule has 3 aliphatic heterocycles. The standard InChI is InChI=1S/C37H40N4O10S/c42-22-6-9-25-29(18-22)51-30-19-23(43)7-10-26(30)33(25)24-8-5-21(17-27(24)36(46)47)35(45)39-12-14-50-16-15-49-13-11-38-32(44)4-2-1-3-31-34-28(20-52-31)40-37(48)41-34/h5-10,17-19,28,31,34,42H,1-4,11-16,20H2,(H,38,44)(H,39,45)(H,46,47)(H2,40,41,48). The van der Waals surface area contributed by atoms with Gasteiger partial charge in [0.25, 0.3) is 5.91 Å². The van der Waals surface area contributed by atoms with E-state index in [-0.39, 0.29) is 77.4 Å². The lowest BCUT2D eigenvalue weighted by atomic mass is 9.90. The molecule has 0 saturated carbocycles. The third kappa shape index (κ3) is 8.84. The van der Waals surface area contributed by atoms with Crippen molar-refractivity contribution in [3.05, 3.63) is 75.9 Å². The molecule has 2 aromatic rings. The predicted octanol–water partition coefficient (Wildman–Crippen LogP) is 3.57. The number of aromatic carboxylic acids is 1. The topological polar surface area (TPSA) is 206 Å². The lowest BCUT2D eigenvalue weighted by Gasteiger charge is -2.17. The Bertz CT molecular complexity index is 1980. The summed E-state index contributed by atoms with van der Waals surface area (Å²) >= 11 is 1.87. The minimum atomic E-state index is -1.25. The minimum absolute atomic E-state index is 0.0217. The summed E-state index contributed by atoms with van der Waals surface area (Å²) in [6.07, 6.45) is 3.12. The van der Waals surface area contributed by atoms with Gasteiger partial charge in [0, 0.05) is 64.7 Å². The van der Waals surface area contributed by atoms with Gasteiger partial charge >= 0.3 is 12.0 Å². The van der Waals surface area contributed by atoms with Crippen LogP contribution in [0.25, 0.3) is 33.4 Å². The van der Waals surface area contributed by atoms with E-state index in [0.717, 1.165) is 25.0 Å². The second-order valence-electron chi connectivity index (χ2n) is 12.6. The first kappa shape index (κ1) is 36.7. The molecule has 2 saturated heterocycles. The monoisotopic (exact) mass is 732 g/mol. The summed E-state index contributed by atoms with van der Waals surface area (Å²) in [4.78, 5) is 61.0. The van der Waals surface area contributed by atoms with E-state index >= 15 is 0 Å². The Hall–Kier alpha value is -5.12. The third-order valence-corrected chi connectivity index (χ3v) is 10.5. The molecule has 3 unspecified atom stereocenters. The number of rotatable bonds is 17. The summed E-state index contributed by atoms with van der Waals surface area (Å²) in [5.74, 6) is -0.652. The second-order valence-corrected chi connectivity index (χ2v) is 13.9. The Morgan fingerprint density at radius 3 is 2.44 bits per heavy atom. The molecule has 14 nitrogen and oxygen atoms in total. The van der Waals surface area contributed by atoms with Crippen molar-refractivity contribution < 1.29 is 43.3 Å². The van der Waals surface area contributed by atoms with E-state index in [0.29, 0.717) is 53.5 Å². The van der Waals surface area contributed by atoms with Crippen LogP contribution in [0.15, 0.2) is 63.8 Å². The first-order chi connectivity index (χ1) is 25.2. The molecular weight excluding hydrogens is 692 g/mol. The first-order valence-corrected chi connectivity index (χ1v) is 18.2. The fraction of sp³-hybridized carbons (Fsp3) is 0.378. The Morgan fingerprint density at radius 1 is 0.885 bits per heavy atom. The van der Waals surface area contributed by atoms with Crippen molar-refractivity contribution in [3.63, 3.8) is 0 Å². The molecule has 2 fully saturated rings. The van der Waals surface area contributed by atoms with Crippen molar-refractivity contribution >= 4 is 46.5 Å². The molecule has 3 heterocycles. The van der Waals surface area contributed by atoms with Crippen molar-refractivity contribution in [3.8, 4) is 28.2 Å². The average Bonchev–Trinajstić information content (AvgIpc) is 3.68. The van der Waals surface area contributed by atoms with E-state index in [1.165, 1.54) is 36.4 Å². The van der Waals surface area contributed by atoms with E-state index in [4.69, 9.17) is 13.9 Å². The van der Waals surface area contributed by atoms with Gasteiger partial charge in [-0.3, -0.25) is 14.4 Å². The number of carbonyl (C=O) groups excluding carboxylic acids is 3. The summed E-state index contributed by atoms with van der Waals surface area (Å²) in [5, 5.41) is 32.6. The second kappa shape index (κ2) is 16.9. The molecule has 52 heavy (non-hydrogen) atoms. The molecule has 0 spiro atoms. The largest absolute Gasteiger partial charge is 0.508 e. The van der Waals surface area contributed by atoms with Crippen LogP contribution in [-0.2, 0) is 14.3 Å². The lowest BCUT2D eigenvalue weighted by Crippen LogP contribution is -2.36. The fourth-order valence-electron chi connectivity index (χ4n) is 6.52. The highest BCUT2D eigenvalue weighted by Crippen LogP contribution is 2.42. The number of hydrogen-bond acceptors (Lipinski definition) is 10. The fourth-order valence-corrected chi connectivity index (χ4v) is 8.06. The van der Waals surface area contributed by atoms with Crippen LogP contribution in [-0.4, -0.2) is 96.6 Å². The molecule has 0 aromatic heterocycles. The van der Waals surface area contributed by atoms with Crippen LogP contribution in [0.3, 0.4) is 0 Å². The number of amides is 4. The highest BCUT2D eigenvalue weighted by Gasteiger charge is 2.42. The summed E-state index contributed by atoms with van der Waals surface area (Å²) in [5.41, 5.74) is 1.29. The Kier molecular flexibility index (Phi) is 11.9. The third-order valence-electron chi connectivity index (χ3n) is 9.01. The van der Waals surface area contributed by atoms with Gasteiger partial charge in [-0.25, -0.2) is 9.59 Å². The Labute approximate surface area is 303 Å². The highest BCUT2D eigenvalue weighted by molar-refractivity contribution is 8.00. The van der Waals surface area contributed by atoms with Crippen LogP contribution in [0, 0.1) is 0 Å². The number of nitrogens with one attached hydrogen (secondary N) is 4. The number of ether oxygens (including phenoxy) is 2. The predicted molar refractivity (Wildman–Crippen MR) is 194 cm³/mol. The molecule has 4 aliphatic rings. The summed E-state index contributed by atoms with van der Waals surface area (Å²) in [6, 6.07) is 13.3.